The molecule has 1 aliphatic rings. The molecule has 0 spiro atoms. The van der Waals surface area contributed by atoms with Gasteiger partial charge in [-0.2, -0.15) is 4.31 Å². The predicted molar refractivity (Wildman–Crippen MR) is 147 cm³/mol. The number of amides is 1. The van der Waals surface area contributed by atoms with Crippen molar-refractivity contribution < 1.29 is 13.2 Å². The van der Waals surface area contributed by atoms with Crippen molar-refractivity contribution in [3.05, 3.63) is 87.1 Å². The Morgan fingerprint density at radius 3 is 2.33 bits per heavy atom. The van der Waals surface area contributed by atoms with Crippen LogP contribution in [0.1, 0.15) is 67.3 Å². The van der Waals surface area contributed by atoms with E-state index in [2.05, 4.69) is 56.5 Å². The molecule has 0 fully saturated rings. The topological polar surface area (TPSA) is 57.7 Å². The fraction of sp³-hybridized carbons (Fsp3) is 0.414. The van der Waals surface area contributed by atoms with Gasteiger partial charge < -0.3 is 4.90 Å². The number of fused-ring (bicyclic) bond motifs is 1. The maximum Gasteiger partial charge on any atom is 0.243 e. The summed E-state index contributed by atoms with van der Waals surface area (Å²) in [5, 5.41) is 2.08. The third-order valence-electron chi connectivity index (χ3n) is 6.82. The molecule has 1 amide bonds. The number of nitrogens with zero attached hydrogens (tertiary/aromatic N) is 2. The van der Waals surface area contributed by atoms with Crippen LogP contribution >= 0.6 is 11.3 Å². The van der Waals surface area contributed by atoms with Crippen LogP contribution in [0.25, 0.3) is 0 Å². The first-order valence-electron chi connectivity index (χ1n) is 12.6. The van der Waals surface area contributed by atoms with E-state index in [0.29, 0.717) is 19.5 Å². The molecule has 192 valence electrons. The van der Waals surface area contributed by atoms with Crippen LogP contribution in [-0.2, 0) is 26.7 Å². The van der Waals surface area contributed by atoms with Gasteiger partial charge >= 0.3 is 0 Å². The Hall–Kier alpha value is -2.48. The molecule has 0 N–H and O–H groups in total. The Balaban J connectivity index is 1.65. The van der Waals surface area contributed by atoms with E-state index in [1.807, 2.05) is 18.7 Å². The van der Waals surface area contributed by atoms with E-state index >= 15 is 0 Å². The monoisotopic (exact) mass is 524 g/mol. The zero-order valence-corrected chi connectivity index (χ0v) is 23.5. The molecule has 3 aromatic rings. The van der Waals surface area contributed by atoms with Gasteiger partial charge in [-0.05, 0) is 65.4 Å². The van der Waals surface area contributed by atoms with E-state index in [1.54, 1.807) is 35.6 Å². The Morgan fingerprint density at radius 2 is 1.72 bits per heavy atom. The van der Waals surface area contributed by atoms with Crippen LogP contribution in [0, 0.1) is 6.92 Å². The number of sulfonamides is 1. The Labute approximate surface area is 219 Å². The predicted octanol–water partition coefficient (Wildman–Crippen LogP) is 5.93. The lowest BCUT2D eigenvalue weighted by atomic mass is 9.85. The summed E-state index contributed by atoms with van der Waals surface area (Å²) in [5.74, 6) is -0.166. The maximum atomic E-state index is 13.8. The van der Waals surface area contributed by atoms with E-state index in [-0.39, 0.29) is 28.8 Å². The van der Waals surface area contributed by atoms with Gasteiger partial charge in [0.1, 0.15) is 0 Å². The molecule has 1 atom stereocenters. The van der Waals surface area contributed by atoms with E-state index in [4.69, 9.17) is 0 Å². The highest BCUT2D eigenvalue weighted by Crippen LogP contribution is 2.38. The molecule has 0 saturated heterocycles. The smallest absolute Gasteiger partial charge is 0.243 e. The third-order valence-corrected chi connectivity index (χ3v) is 9.68. The molecular weight excluding hydrogens is 488 g/mol. The Kier molecular flexibility index (Phi) is 7.74. The number of hydrogen-bond donors (Lipinski definition) is 0. The summed E-state index contributed by atoms with van der Waals surface area (Å²) in [6, 6.07) is 17.2. The van der Waals surface area contributed by atoms with Gasteiger partial charge in [0.05, 0.1) is 17.5 Å². The second-order valence-corrected chi connectivity index (χ2v) is 13.5. The van der Waals surface area contributed by atoms with Crippen molar-refractivity contribution in [2.45, 2.75) is 63.8 Å². The van der Waals surface area contributed by atoms with Crippen molar-refractivity contribution >= 4 is 27.3 Å². The van der Waals surface area contributed by atoms with Crippen LogP contribution in [0.15, 0.2) is 64.9 Å². The summed E-state index contributed by atoms with van der Waals surface area (Å²) in [6.07, 6.45) is 1.42. The minimum atomic E-state index is -3.78. The average Bonchev–Trinajstić information content (AvgIpc) is 3.32. The molecular formula is C29H36N2O3S2. The van der Waals surface area contributed by atoms with Gasteiger partial charge in [0.2, 0.25) is 15.9 Å². The molecule has 5 nitrogen and oxygen atoms in total. The molecule has 1 aliphatic heterocycles. The second kappa shape index (κ2) is 10.5. The maximum absolute atomic E-state index is 13.8. The molecule has 1 unspecified atom stereocenters. The first-order chi connectivity index (χ1) is 17.0. The van der Waals surface area contributed by atoms with E-state index in [9.17, 15) is 13.2 Å². The van der Waals surface area contributed by atoms with Crippen LogP contribution in [0.4, 0.5) is 0 Å². The lowest BCUT2D eigenvalue weighted by molar-refractivity contribution is -0.133. The molecule has 0 aliphatic carbocycles. The Morgan fingerprint density at radius 1 is 1.06 bits per heavy atom. The molecule has 0 radical (unpaired) electrons. The molecule has 7 heteroatoms. The summed E-state index contributed by atoms with van der Waals surface area (Å²) in [6.45, 7) is 11.1. The van der Waals surface area contributed by atoms with Crippen molar-refractivity contribution in [1.29, 1.82) is 0 Å². The molecule has 4 rings (SSSR count). The number of benzene rings is 2. The van der Waals surface area contributed by atoms with Gasteiger partial charge in [0.15, 0.2) is 0 Å². The summed E-state index contributed by atoms with van der Waals surface area (Å²) in [5.41, 5.74) is 4.47. The molecule has 1 aromatic heterocycles. The number of hydrogen-bond acceptors (Lipinski definition) is 4. The fourth-order valence-corrected chi connectivity index (χ4v) is 7.13. The molecule has 0 saturated carbocycles. The number of rotatable bonds is 7. The van der Waals surface area contributed by atoms with Gasteiger partial charge in [0.25, 0.3) is 0 Å². The standard InChI is InChI=1S/C29H36N2O3S2/c1-6-17-30(36(33,34)24-13-7-21(2)8-14-24)20-27(32)31-18-15-26-25(16-19-35-26)28(31)22-9-11-23(12-10-22)29(3,4)5/h7-14,16,19,28H,6,15,17-18,20H2,1-5H3. The van der Waals surface area contributed by atoms with Crippen LogP contribution in [-0.4, -0.2) is 43.2 Å². The van der Waals surface area contributed by atoms with Crippen LogP contribution < -0.4 is 0 Å². The lowest BCUT2D eigenvalue weighted by Gasteiger charge is -2.37. The van der Waals surface area contributed by atoms with E-state index in [1.165, 1.54) is 14.7 Å². The number of carbonyl (C=O) groups is 1. The molecule has 36 heavy (non-hydrogen) atoms. The van der Waals surface area contributed by atoms with Gasteiger partial charge in [-0.15, -0.1) is 11.3 Å². The largest absolute Gasteiger partial charge is 0.330 e. The first kappa shape index (κ1) is 26.6. The summed E-state index contributed by atoms with van der Waals surface area (Å²) < 4.78 is 28.2. The van der Waals surface area contributed by atoms with Crippen molar-refractivity contribution in [2.24, 2.45) is 0 Å². The highest BCUT2D eigenvalue weighted by atomic mass is 32.2. The average molecular weight is 525 g/mol. The van der Waals surface area contributed by atoms with Crippen LogP contribution in [0.3, 0.4) is 0 Å². The summed E-state index contributed by atoms with van der Waals surface area (Å²) >= 11 is 1.73. The van der Waals surface area contributed by atoms with Crippen LogP contribution in [0.5, 0.6) is 0 Å². The van der Waals surface area contributed by atoms with Crippen molar-refractivity contribution in [2.75, 3.05) is 19.6 Å². The van der Waals surface area contributed by atoms with Gasteiger partial charge in [-0.1, -0.05) is 69.7 Å². The zero-order chi connectivity index (χ0) is 26.1. The summed E-state index contributed by atoms with van der Waals surface area (Å²) in [7, 11) is -3.78. The van der Waals surface area contributed by atoms with Gasteiger partial charge in [-0.3, -0.25) is 4.79 Å². The number of aryl methyl sites for hydroxylation is 1. The zero-order valence-electron chi connectivity index (χ0n) is 21.8. The number of carbonyl (C=O) groups excluding carboxylic acids is 1. The molecule has 2 aromatic carbocycles. The quantitative estimate of drug-likeness (QED) is 0.385. The molecule has 2 heterocycles. The summed E-state index contributed by atoms with van der Waals surface area (Å²) in [4.78, 5) is 17.2. The first-order valence-corrected chi connectivity index (χ1v) is 14.9. The van der Waals surface area contributed by atoms with Gasteiger partial charge in [-0.25, -0.2) is 8.42 Å². The van der Waals surface area contributed by atoms with Crippen LogP contribution in [0.2, 0.25) is 0 Å². The normalized spacial score (nSPS) is 16.3. The third kappa shape index (κ3) is 5.43. The van der Waals surface area contributed by atoms with Gasteiger partial charge in [0, 0.05) is 18.0 Å². The highest BCUT2D eigenvalue weighted by molar-refractivity contribution is 7.89. The fourth-order valence-electron chi connectivity index (χ4n) is 4.74. The lowest BCUT2D eigenvalue weighted by Crippen LogP contribution is -2.46. The van der Waals surface area contributed by atoms with Crippen molar-refractivity contribution in [1.82, 2.24) is 9.21 Å². The number of thiophene rings is 1. The van der Waals surface area contributed by atoms with E-state index in [0.717, 1.165) is 23.1 Å². The highest BCUT2D eigenvalue weighted by Gasteiger charge is 2.35. The SMILES string of the molecule is CCCN(CC(=O)N1CCc2sccc2C1c1ccc(C(C)(C)C)cc1)S(=O)(=O)c1ccc(C)cc1. The van der Waals surface area contributed by atoms with E-state index < -0.39 is 10.0 Å². The minimum Gasteiger partial charge on any atom is -0.330 e. The second-order valence-electron chi connectivity index (χ2n) is 10.6. The van der Waals surface area contributed by atoms with Crippen molar-refractivity contribution in [3.8, 4) is 0 Å². The van der Waals surface area contributed by atoms with Crippen molar-refractivity contribution in [3.63, 3.8) is 0 Å². The Bertz CT molecular complexity index is 1300. The molecule has 0 bridgehead atoms. The minimum absolute atomic E-state index is 0.0408.